The zero-order valence-electron chi connectivity index (χ0n) is 12.0. The van der Waals surface area contributed by atoms with Gasteiger partial charge in [-0.2, -0.15) is 0 Å². The first-order valence-corrected chi connectivity index (χ1v) is 7.53. The molecule has 0 aliphatic heterocycles. The molecule has 0 unspecified atom stereocenters. The van der Waals surface area contributed by atoms with E-state index >= 15 is 0 Å². The molecule has 0 saturated heterocycles. The molecule has 0 spiro atoms. The van der Waals surface area contributed by atoms with Gasteiger partial charge in [-0.15, -0.1) is 11.6 Å². The molecule has 1 aliphatic rings. The Hall–Kier alpha value is -0.760. The van der Waals surface area contributed by atoms with E-state index in [0.29, 0.717) is 17.3 Å². The highest BCUT2D eigenvalue weighted by molar-refractivity contribution is 6.17. The smallest absolute Gasteiger partial charge is 0.125 e. The molecule has 19 heavy (non-hydrogen) atoms. The Labute approximate surface area is 120 Å². The molecule has 1 aromatic rings. The van der Waals surface area contributed by atoms with Crippen molar-refractivity contribution in [2.24, 2.45) is 5.41 Å². The van der Waals surface area contributed by atoms with Gasteiger partial charge in [-0.05, 0) is 54.9 Å². The summed E-state index contributed by atoms with van der Waals surface area (Å²) in [5.41, 5.74) is 2.25. The highest BCUT2D eigenvalue weighted by atomic mass is 35.5. The number of alkyl halides is 1. The third-order valence-electron chi connectivity index (χ3n) is 4.36. The lowest BCUT2D eigenvalue weighted by molar-refractivity contribution is 0.222. The van der Waals surface area contributed by atoms with Crippen LogP contribution < -0.4 is 4.90 Å². The lowest BCUT2D eigenvalue weighted by Gasteiger charge is -2.39. The van der Waals surface area contributed by atoms with E-state index in [2.05, 4.69) is 25.8 Å². The largest absolute Gasteiger partial charge is 0.372 e. The van der Waals surface area contributed by atoms with Gasteiger partial charge in [0.15, 0.2) is 0 Å². The monoisotopic (exact) mass is 283 g/mol. The summed E-state index contributed by atoms with van der Waals surface area (Å²) in [6.07, 6.45) is 4.83. The molecule has 0 radical (unpaired) electrons. The summed E-state index contributed by atoms with van der Waals surface area (Å²) in [5.74, 6) is 0.159. The van der Waals surface area contributed by atoms with Gasteiger partial charge < -0.3 is 4.90 Å². The first kappa shape index (κ1) is 14.6. The van der Waals surface area contributed by atoms with Crippen molar-refractivity contribution in [3.05, 3.63) is 29.6 Å². The van der Waals surface area contributed by atoms with Gasteiger partial charge in [-0.25, -0.2) is 4.39 Å². The minimum atomic E-state index is -0.198. The third-order valence-corrected chi connectivity index (χ3v) is 4.67. The molecule has 1 nitrogen and oxygen atoms in total. The van der Waals surface area contributed by atoms with Crippen LogP contribution in [0, 0.1) is 11.2 Å². The van der Waals surface area contributed by atoms with E-state index < -0.39 is 0 Å². The van der Waals surface area contributed by atoms with Crippen LogP contribution >= 0.6 is 11.6 Å². The highest BCUT2D eigenvalue weighted by Gasteiger charge is 2.29. The fourth-order valence-corrected chi connectivity index (χ4v) is 3.05. The molecule has 0 heterocycles. The van der Waals surface area contributed by atoms with E-state index in [9.17, 15) is 4.39 Å². The maximum atomic E-state index is 13.6. The second-order valence-electron chi connectivity index (χ2n) is 6.46. The molecule has 3 heteroatoms. The molecular weight excluding hydrogens is 261 g/mol. The number of nitrogens with zero attached hydrogens (tertiary/aromatic N) is 1. The van der Waals surface area contributed by atoms with Crippen molar-refractivity contribution >= 4 is 17.3 Å². The van der Waals surface area contributed by atoms with Crippen LogP contribution in [0.15, 0.2) is 18.2 Å². The molecule has 0 amide bonds. The molecule has 0 atom stereocenters. The SMILES string of the molecule is CN(c1cc(F)cc(CCl)c1)C1CCC(C)(C)CC1. The summed E-state index contributed by atoms with van der Waals surface area (Å²) in [6, 6.07) is 5.62. The van der Waals surface area contributed by atoms with Gasteiger partial charge in [0.1, 0.15) is 5.82 Å². The van der Waals surface area contributed by atoms with Crippen molar-refractivity contribution in [2.75, 3.05) is 11.9 Å². The van der Waals surface area contributed by atoms with Gasteiger partial charge in [0.25, 0.3) is 0 Å². The molecule has 1 saturated carbocycles. The van der Waals surface area contributed by atoms with Crippen molar-refractivity contribution in [1.82, 2.24) is 0 Å². The zero-order chi connectivity index (χ0) is 14.0. The molecule has 0 N–H and O–H groups in total. The van der Waals surface area contributed by atoms with Gasteiger partial charge in [0, 0.05) is 24.7 Å². The summed E-state index contributed by atoms with van der Waals surface area (Å²) in [6.45, 7) is 4.66. The van der Waals surface area contributed by atoms with E-state index in [1.54, 1.807) is 6.07 Å². The molecule has 1 fully saturated rings. The van der Waals surface area contributed by atoms with E-state index in [0.717, 1.165) is 11.3 Å². The Morgan fingerprint density at radius 3 is 2.47 bits per heavy atom. The van der Waals surface area contributed by atoms with Crippen LogP contribution in [0.25, 0.3) is 0 Å². The number of anilines is 1. The summed E-state index contributed by atoms with van der Waals surface area (Å²) in [4.78, 5) is 2.22. The normalized spacial score (nSPS) is 19.4. The number of hydrogen-bond donors (Lipinski definition) is 0. The fraction of sp³-hybridized carbons (Fsp3) is 0.625. The van der Waals surface area contributed by atoms with Crippen LogP contribution in [-0.2, 0) is 5.88 Å². The Balaban J connectivity index is 2.11. The number of benzene rings is 1. The van der Waals surface area contributed by atoms with Gasteiger partial charge in [-0.1, -0.05) is 13.8 Å². The van der Waals surface area contributed by atoms with E-state index in [4.69, 9.17) is 11.6 Å². The first-order valence-electron chi connectivity index (χ1n) is 6.99. The van der Waals surface area contributed by atoms with E-state index in [1.807, 2.05) is 6.07 Å². The Bertz CT molecular complexity index is 434. The molecular formula is C16H23ClFN. The lowest BCUT2D eigenvalue weighted by atomic mass is 9.75. The maximum absolute atomic E-state index is 13.6. The second-order valence-corrected chi connectivity index (χ2v) is 6.72. The van der Waals surface area contributed by atoms with Crippen LogP contribution in [-0.4, -0.2) is 13.1 Å². The Morgan fingerprint density at radius 1 is 1.26 bits per heavy atom. The van der Waals surface area contributed by atoms with Crippen molar-refractivity contribution in [2.45, 2.75) is 51.5 Å². The Morgan fingerprint density at radius 2 is 1.89 bits per heavy atom. The molecule has 0 aromatic heterocycles. The molecule has 2 rings (SSSR count). The zero-order valence-corrected chi connectivity index (χ0v) is 12.8. The van der Waals surface area contributed by atoms with Crippen molar-refractivity contribution < 1.29 is 4.39 Å². The minimum absolute atomic E-state index is 0.198. The third kappa shape index (κ3) is 3.62. The summed E-state index contributed by atoms with van der Waals surface area (Å²) >= 11 is 5.81. The van der Waals surface area contributed by atoms with E-state index in [-0.39, 0.29) is 5.82 Å². The van der Waals surface area contributed by atoms with Crippen molar-refractivity contribution in [3.8, 4) is 0 Å². The fourth-order valence-electron chi connectivity index (χ4n) is 2.90. The number of hydrogen-bond acceptors (Lipinski definition) is 1. The molecule has 1 aliphatic carbocycles. The molecule has 106 valence electrons. The van der Waals surface area contributed by atoms with Crippen LogP contribution in [0.4, 0.5) is 10.1 Å². The predicted molar refractivity (Wildman–Crippen MR) is 80.4 cm³/mol. The number of rotatable bonds is 3. The van der Waals surface area contributed by atoms with Gasteiger partial charge in [-0.3, -0.25) is 0 Å². The van der Waals surface area contributed by atoms with Crippen LogP contribution in [0.1, 0.15) is 45.1 Å². The van der Waals surface area contributed by atoms with Crippen LogP contribution in [0.5, 0.6) is 0 Å². The van der Waals surface area contributed by atoms with E-state index in [1.165, 1.54) is 31.7 Å². The average Bonchev–Trinajstić information content (AvgIpc) is 2.37. The van der Waals surface area contributed by atoms with Crippen LogP contribution in [0.3, 0.4) is 0 Å². The maximum Gasteiger partial charge on any atom is 0.125 e. The molecule has 1 aromatic carbocycles. The summed E-state index contributed by atoms with van der Waals surface area (Å²) < 4.78 is 13.6. The second kappa shape index (κ2) is 5.70. The van der Waals surface area contributed by atoms with Crippen molar-refractivity contribution in [3.63, 3.8) is 0 Å². The number of halogens is 2. The van der Waals surface area contributed by atoms with Crippen LogP contribution in [0.2, 0.25) is 0 Å². The summed E-state index contributed by atoms with van der Waals surface area (Å²) in [7, 11) is 2.07. The lowest BCUT2D eigenvalue weighted by Crippen LogP contribution is -2.37. The van der Waals surface area contributed by atoms with Crippen molar-refractivity contribution in [1.29, 1.82) is 0 Å². The Kier molecular flexibility index (Phi) is 4.39. The molecule has 0 bridgehead atoms. The topological polar surface area (TPSA) is 3.24 Å². The highest BCUT2D eigenvalue weighted by Crippen LogP contribution is 2.37. The van der Waals surface area contributed by atoms with Gasteiger partial charge >= 0.3 is 0 Å². The van der Waals surface area contributed by atoms with Gasteiger partial charge in [0.05, 0.1) is 0 Å². The average molecular weight is 284 g/mol. The first-order chi connectivity index (χ1) is 8.91. The predicted octanol–water partition coefficient (Wildman–Crippen LogP) is 4.97. The standard InChI is InChI=1S/C16H23ClFN/c1-16(2)6-4-14(5-7-16)19(3)15-9-12(11-17)8-13(18)10-15/h8-10,14H,4-7,11H2,1-3H3. The minimum Gasteiger partial charge on any atom is -0.372 e. The quantitative estimate of drug-likeness (QED) is 0.708. The van der Waals surface area contributed by atoms with Gasteiger partial charge in [0.2, 0.25) is 0 Å². The summed E-state index contributed by atoms with van der Waals surface area (Å²) in [5, 5.41) is 0.